The van der Waals surface area contributed by atoms with Crippen molar-refractivity contribution in [2.24, 2.45) is 0 Å². The smallest absolute Gasteiger partial charge is 0.272 e. The zero-order chi connectivity index (χ0) is 21.8. The van der Waals surface area contributed by atoms with E-state index < -0.39 is 0 Å². The second-order valence-corrected chi connectivity index (χ2v) is 7.91. The Balaban J connectivity index is 1.72. The summed E-state index contributed by atoms with van der Waals surface area (Å²) in [5.41, 5.74) is 2.75. The van der Waals surface area contributed by atoms with E-state index in [0.717, 1.165) is 23.5 Å². The predicted octanol–water partition coefficient (Wildman–Crippen LogP) is 3.42. The van der Waals surface area contributed by atoms with Gasteiger partial charge in [0.25, 0.3) is 5.91 Å². The second-order valence-electron chi connectivity index (χ2n) is 7.54. The van der Waals surface area contributed by atoms with Crippen molar-refractivity contribution >= 4 is 17.5 Å². The molecule has 3 aromatic rings. The number of aryl methyl sites for hydroxylation is 1. The van der Waals surface area contributed by atoms with Crippen LogP contribution in [0.25, 0.3) is 0 Å². The molecule has 0 bridgehead atoms. The van der Waals surface area contributed by atoms with Crippen LogP contribution >= 0.6 is 11.6 Å². The molecule has 0 aliphatic carbocycles. The van der Waals surface area contributed by atoms with Crippen molar-refractivity contribution < 1.29 is 9.18 Å². The van der Waals surface area contributed by atoms with Gasteiger partial charge >= 0.3 is 0 Å². The summed E-state index contributed by atoms with van der Waals surface area (Å²) in [4.78, 5) is 14.9. The lowest BCUT2D eigenvalue weighted by Gasteiger charge is -2.21. The molecule has 9 heteroatoms. The van der Waals surface area contributed by atoms with Crippen LogP contribution in [0.1, 0.15) is 39.9 Å². The highest BCUT2D eigenvalue weighted by atomic mass is 35.5. The Kier molecular flexibility index (Phi) is 6.89. The van der Waals surface area contributed by atoms with E-state index in [9.17, 15) is 9.18 Å². The Bertz CT molecular complexity index is 1010. The molecule has 0 saturated carbocycles. The van der Waals surface area contributed by atoms with Crippen molar-refractivity contribution in [2.45, 2.75) is 33.0 Å². The first kappa shape index (κ1) is 22.0. The van der Waals surface area contributed by atoms with Crippen LogP contribution in [0.5, 0.6) is 0 Å². The summed E-state index contributed by atoms with van der Waals surface area (Å²) in [5.74, 6) is -0.590. The number of hydrogen-bond donors (Lipinski definition) is 1. The van der Waals surface area contributed by atoms with E-state index in [2.05, 4.69) is 15.5 Å². The van der Waals surface area contributed by atoms with Crippen LogP contribution in [-0.4, -0.2) is 51.0 Å². The number of rotatable bonds is 8. The highest BCUT2D eigenvalue weighted by Crippen LogP contribution is 2.20. The SMILES string of the molecule is Cc1nn(Cn2ccc(C(=O)N[C@@H](CCN(C)C)c3ccc(F)cc3)n2)c(C)c1Cl. The quantitative estimate of drug-likeness (QED) is 0.592. The van der Waals surface area contributed by atoms with E-state index in [-0.39, 0.29) is 17.8 Å². The zero-order valence-corrected chi connectivity index (χ0v) is 18.3. The number of nitrogens with one attached hydrogen (secondary N) is 1. The number of halogens is 2. The summed E-state index contributed by atoms with van der Waals surface area (Å²) in [6, 6.07) is 7.61. The third kappa shape index (κ3) is 5.25. The molecule has 3 rings (SSSR count). The minimum atomic E-state index is -0.306. The molecule has 7 nitrogen and oxygen atoms in total. The normalized spacial score (nSPS) is 12.4. The van der Waals surface area contributed by atoms with Gasteiger partial charge in [-0.05, 0) is 64.7 Å². The van der Waals surface area contributed by atoms with Gasteiger partial charge in [0.05, 0.1) is 22.5 Å². The zero-order valence-electron chi connectivity index (χ0n) is 17.6. The Morgan fingerprint density at radius 1 is 1.20 bits per heavy atom. The molecule has 2 aromatic heterocycles. The van der Waals surface area contributed by atoms with Gasteiger partial charge in [0.1, 0.15) is 18.2 Å². The first-order chi connectivity index (χ1) is 14.2. The van der Waals surface area contributed by atoms with Crippen LogP contribution in [0.3, 0.4) is 0 Å². The number of hydrogen-bond acceptors (Lipinski definition) is 4. The Morgan fingerprint density at radius 3 is 2.50 bits per heavy atom. The van der Waals surface area contributed by atoms with Crippen LogP contribution in [0, 0.1) is 19.7 Å². The Morgan fingerprint density at radius 2 is 1.90 bits per heavy atom. The highest BCUT2D eigenvalue weighted by Gasteiger charge is 2.18. The van der Waals surface area contributed by atoms with E-state index in [4.69, 9.17) is 11.6 Å². The summed E-state index contributed by atoms with van der Waals surface area (Å²) in [7, 11) is 3.94. The number of benzene rings is 1. The van der Waals surface area contributed by atoms with E-state index in [1.807, 2.05) is 32.8 Å². The molecular weight excluding hydrogens is 407 g/mol. The topological polar surface area (TPSA) is 68.0 Å². The lowest BCUT2D eigenvalue weighted by atomic mass is 10.0. The van der Waals surface area contributed by atoms with Gasteiger partial charge in [0.2, 0.25) is 0 Å². The molecule has 160 valence electrons. The third-order valence-corrected chi connectivity index (χ3v) is 5.44. The largest absolute Gasteiger partial charge is 0.344 e. The summed E-state index contributed by atoms with van der Waals surface area (Å²) < 4.78 is 16.7. The monoisotopic (exact) mass is 432 g/mol. The lowest BCUT2D eigenvalue weighted by molar-refractivity contribution is 0.0926. The first-order valence-corrected chi connectivity index (χ1v) is 10.1. The fraction of sp³-hybridized carbons (Fsp3) is 0.381. The maximum absolute atomic E-state index is 13.3. The molecule has 0 radical (unpaired) electrons. The lowest BCUT2D eigenvalue weighted by Crippen LogP contribution is -2.31. The van der Waals surface area contributed by atoms with Crippen molar-refractivity contribution in [3.05, 3.63) is 70.0 Å². The number of carbonyl (C=O) groups excluding carboxylic acids is 1. The van der Waals surface area contributed by atoms with Gasteiger partial charge in [0.15, 0.2) is 0 Å². The summed E-state index contributed by atoms with van der Waals surface area (Å²) >= 11 is 6.19. The number of aromatic nitrogens is 4. The minimum Gasteiger partial charge on any atom is -0.344 e. The summed E-state index contributed by atoms with van der Waals surface area (Å²) in [6.45, 7) is 4.86. The average Bonchev–Trinajstić information content (AvgIpc) is 3.27. The van der Waals surface area contributed by atoms with Gasteiger partial charge in [-0.15, -0.1) is 0 Å². The molecule has 0 fully saturated rings. The average molecular weight is 433 g/mol. The Hall–Kier alpha value is -2.71. The van der Waals surface area contributed by atoms with Gasteiger partial charge in [0, 0.05) is 6.20 Å². The molecule has 1 amide bonds. The Labute approximate surface area is 180 Å². The third-order valence-electron chi connectivity index (χ3n) is 4.89. The van der Waals surface area contributed by atoms with E-state index in [0.29, 0.717) is 23.8 Å². The van der Waals surface area contributed by atoms with Crippen LogP contribution < -0.4 is 5.32 Å². The number of nitrogens with zero attached hydrogens (tertiary/aromatic N) is 5. The molecular formula is C21H26ClFN6O. The molecule has 1 aromatic carbocycles. The molecule has 1 N–H and O–H groups in total. The highest BCUT2D eigenvalue weighted by molar-refractivity contribution is 6.31. The fourth-order valence-corrected chi connectivity index (χ4v) is 3.28. The van der Waals surface area contributed by atoms with Crippen LogP contribution in [0.2, 0.25) is 5.02 Å². The van der Waals surface area contributed by atoms with Crippen molar-refractivity contribution in [1.29, 1.82) is 0 Å². The molecule has 0 spiro atoms. The maximum atomic E-state index is 13.3. The van der Waals surface area contributed by atoms with Crippen LogP contribution in [0.4, 0.5) is 4.39 Å². The van der Waals surface area contributed by atoms with Gasteiger partial charge in [-0.25, -0.2) is 9.07 Å². The minimum absolute atomic E-state index is 0.250. The van der Waals surface area contributed by atoms with Crippen molar-refractivity contribution in [2.75, 3.05) is 20.6 Å². The molecule has 0 aliphatic rings. The maximum Gasteiger partial charge on any atom is 0.272 e. The standard InChI is InChI=1S/C21H26ClFN6O/c1-14-20(22)15(2)29(25-14)13-28-12-10-19(26-28)21(30)24-18(9-11-27(3)4)16-5-7-17(23)8-6-16/h5-8,10,12,18H,9,11,13H2,1-4H3,(H,24,30)/t18-/m0/s1. The fourth-order valence-electron chi connectivity index (χ4n) is 3.15. The number of carbonyl (C=O) groups is 1. The van der Waals surface area contributed by atoms with E-state index >= 15 is 0 Å². The van der Waals surface area contributed by atoms with Gasteiger partial charge in [-0.2, -0.15) is 10.2 Å². The second kappa shape index (κ2) is 9.40. The summed E-state index contributed by atoms with van der Waals surface area (Å²) in [5, 5.41) is 12.4. The molecule has 0 unspecified atom stereocenters. The van der Waals surface area contributed by atoms with Crippen LogP contribution in [-0.2, 0) is 6.67 Å². The summed E-state index contributed by atoms with van der Waals surface area (Å²) in [6.07, 6.45) is 2.42. The first-order valence-electron chi connectivity index (χ1n) is 9.68. The van der Waals surface area contributed by atoms with Crippen molar-refractivity contribution in [1.82, 2.24) is 29.8 Å². The molecule has 1 atom stereocenters. The van der Waals surface area contributed by atoms with Gasteiger partial charge in [-0.3, -0.25) is 9.48 Å². The van der Waals surface area contributed by atoms with Crippen LogP contribution in [0.15, 0.2) is 36.5 Å². The van der Waals surface area contributed by atoms with E-state index in [1.165, 1.54) is 12.1 Å². The molecule has 0 aliphatic heterocycles. The van der Waals surface area contributed by atoms with Crippen molar-refractivity contribution in [3.8, 4) is 0 Å². The molecule has 2 heterocycles. The van der Waals surface area contributed by atoms with Gasteiger partial charge < -0.3 is 10.2 Å². The molecule has 30 heavy (non-hydrogen) atoms. The molecule has 0 saturated heterocycles. The van der Waals surface area contributed by atoms with Crippen molar-refractivity contribution in [3.63, 3.8) is 0 Å². The van der Waals surface area contributed by atoms with Gasteiger partial charge in [-0.1, -0.05) is 23.7 Å². The van der Waals surface area contributed by atoms with E-state index in [1.54, 1.807) is 33.8 Å². The predicted molar refractivity (Wildman–Crippen MR) is 114 cm³/mol. The number of amides is 1.